The highest BCUT2D eigenvalue weighted by molar-refractivity contribution is 6.03. The van der Waals surface area contributed by atoms with Crippen LogP contribution in [0.1, 0.15) is 41.3 Å². The summed E-state index contributed by atoms with van der Waals surface area (Å²) in [4.78, 5) is 38.6. The van der Waals surface area contributed by atoms with Gasteiger partial charge in [0.15, 0.2) is 0 Å². The SMILES string of the molecule is CCCOC(=O)c1ccc(NC(=O)[C@H]2CC(=O)N(c3ccc(C)c(C)c3)C2)cc1. The van der Waals surface area contributed by atoms with Gasteiger partial charge in [-0.1, -0.05) is 13.0 Å². The summed E-state index contributed by atoms with van der Waals surface area (Å²) in [5.74, 6) is -1.05. The van der Waals surface area contributed by atoms with E-state index in [0.717, 1.165) is 23.2 Å². The van der Waals surface area contributed by atoms with Gasteiger partial charge in [0, 0.05) is 24.3 Å². The van der Waals surface area contributed by atoms with Crippen molar-refractivity contribution >= 4 is 29.2 Å². The zero-order valence-corrected chi connectivity index (χ0v) is 17.0. The zero-order valence-electron chi connectivity index (χ0n) is 17.0. The maximum Gasteiger partial charge on any atom is 0.338 e. The highest BCUT2D eigenvalue weighted by Gasteiger charge is 2.35. The Bertz CT molecular complexity index is 921. The van der Waals surface area contributed by atoms with Gasteiger partial charge in [0.1, 0.15) is 0 Å². The summed E-state index contributed by atoms with van der Waals surface area (Å²) in [6.07, 6.45) is 0.944. The third kappa shape index (κ3) is 4.83. The highest BCUT2D eigenvalue weighted by atomic mass is 16.5. The topological polar surface area (TPSA) is 75.7 Å². The number of carbonyl (C=O) groups is 3. The second-order valence-corrected chi connectivity index (χ2v) is 7.38. The number of ether oxygens (including phenoxy) is 1. The molecule has 0 aromatic heterocycles. The average molecular weight is 394 g/mol. The van der Waals surface area contributed by atoms with Gasteiger partial charge in [-0.2, -0.15) is 0 Å². The van der Waals surface area contributed by atoms with E-state index in [1.165, 1.54) is 0 Å². The van der Waals surface area contributed by atoms with Crippen LogP contribution in [-0.4, -0.2) is 30.9 Å². The van der Waals surface area contributed by atoms with E-state index in [0.29, 0.717) is 24.4 Å². The summed E-state index contributed by atoms with van der Waals surface area (Å²) in [5, 5.41) is 2.84. The maximum atomic E-state index is 12.6. The van der Waals surface area contributed by atoms with Crippen LogP contribution in [-0.2, 0) is 14.3 Å². The summed E-state index contributed by atoms with van der Waals surface area (Å²) >= 11 is 0. The first-order chi connectivity index (χ1) is 13.9. The molecule has 6 heteroatoms. The number of aryl methyl sites for hydroxylation is 2. The van der Waals surface area contributed by atoms with Crippen LogP contribution in [0.2, 0.25) is 0 Å². The van der Waals surface area contributed by atoms with Gasteiger partial charge in [0.2, 0.25) is 11.8 Å². The molecule has 0 bridgehead atoms. The molecule has 1 aliphatic rings. The number of nitrogens with one attached hydrogen (secondary N) is 1. The Morgan fingerprint density at radius 2 is 1.83 bits per heavy atom. The minimum atomic E-state index is -0.418. The minimum absolute atomic E-state index is 0.0533. The Hall–Kier alpha value is -3.15. The smallest absolute Gasteiger partial charge is 0.338 e. The number of anilines is 2. The molecule has 0 unspecified atom stereocenters. The minimum Gasteiger partial charge on any atom is -0.462 e. The molecule has 2 aromatic carbocycles. The first-order valence-corrected chi connectivity index (χ1v) is 9.84. The lowest BCUT2D eigenvalue weighted by atomic mass is 10.1. The summed E-state index contributed by atoms with van der Waals surface area (Å²) in [5.41, 5.74) is 4.12. The third-order valence-electron chi connectivity index (χ3n) is 5.12. The van der Waals surface area contributed by atoms with Crippen molar-refractivity contribution in [2.45, 2.75) is 33.6 Å². The number of carbonyl (C=O) groups excluding carboxylic acids is 3. The van der Waals surface area contributed by atoms with Crippen LogP contribution in [0.15, 0.2) is 42.5 Å². The van der Waals surface area contributed by atoms with Crippen molar-refractivity contribution in [3.8, 4) is 0 Å². The van der Waals surface area contributed by atoms with Crippen LogP contribution in [0.25, 0.3) is 0 Å². The van der Waals surface area contributed by atoms with E-state index in [4.69, 9.17) is 4.74 Å². The van der Waals surface area contributed by atoms with Crippen LogP contribution >= 0.6 is 0 Å². The Balaban J connectivity index is 1.62. The molecule has 2 aromatic rings. The summed E-state index contributed by atoms with van der Waals surface area (Å²) in [6, 6.07) is 12.4. The van der Waals surface area contributed by atoms with E-state index >= 15 is 0 Å². The molecule has 2 amide bonds. The van der Waals surface area contributed by atoms with Gasteiger partial charge in [0.05, 0.1) is 18.1 Å². The molecule has 6 nitrogen and oxygen atoms in total. The molecule has 0 aliphatic carbocycles. The lowest BCUT2D eigenvalue weighted by Gasteiger charge is -2.18. The molecule has 1 atom stereocenters. The fourth-order valence-electron chi connectivity index (χ4n) is 3.24. The Labute approximate surface area is 170 Å². The molecular formula is C23H26N2O4. The second kappa shape index (κ2) is 8.90. The lowest BCUT2D eigenvalue weighted by Crippen LogP contribution is -2.28. The fraction of sp³-hybridized carbons (Fsp3) is 0.348. The van der Waals surface area contributed by atoms with Gasteiger partial charge < -0.3 is 15.0 Å². The molecule has 1 heterocycles. The van der Waals surface area contributed by atoms with Crippen molar-refractivity contribution in [2.75, 3.05) is 23.4 Å². The monoisotopic (exact) mass is 394 g/mol. The molecule has 3 rings (SSSR count). The molecule has 0 saturated carbocycles. The summed E-state index contributed by atoms with van der Waals surface area (Å²) in [6.45, 7) is 6.70. The van der Waals surface area contributed by atoms with Gasteiger partial charge in [-0.25, -0.2) is 4.79 Å². The van der Waals surface area contributed by atoms with Crippen LogP contribution in [0, 0.1) is 19.8 Å². The van der Waals surface area contributed by atoms with E-state index in [1.807, 2.05) is 39.0 Å². The maximum absolute atomic E-state index is 12.6. The van der Waals surface area contributed by atoms with Crippen LogP contribution < -0.4 is 10.2 Å². The van der Waals surface area contributed by atoms with Crippen molar-refractivity contribution < 1.29 is 19.1 Å². The standard InChI is InChI=1S/C23H26N2O4/c1-4-11-29-23(28)17-6-8-19(9-7-17)24-22(27)18-13-21(26)25(14-18)20-10-5-15(2)16(3)12-20/h5-10,12,18H,4,11,13-14H2,1-3H3,(H,24,27)/t18-/m0/s1. The predicted octanol–water partition coefficient (Wildman–Crippen LogP) is 3.86. The number of esters is 1. The van der Waals surface area contributed by atoms with E-state index in [-0.39, 0.29) is 24.2 Å². The molecule has 0 spiro atoms. The van der Waals surface area contributed by atoms with E-state index in [2.05, 4.69) is 5.32 Å². The van der Waals surface area contributed by atoms with E-state index in [1.54, 1.807) is 29.2 Å². The quantitative estimate of drug-likeness (QED) is 0.755. The van der Waals surface area contributed by atoms with Crippen molar-refractivity contribution in [3.63, 3.8) is 0 Å². The average Bonchev–Trinajstić information content (AvgIpc) is 3.10. The van der Waals surface area contributed by atoms with Crippen molar-refractivity contribution in [2.24, 2.45) is 5.92 Å². The number of rotatable bonds is 6. The molecule has 1 fully saturated rings. The Morgan fingerprint density at radius 3 is 2.48 bits per heavy atom. The zero-order chi connectivity index (χ0) is 21.0. The third-order valence-corrected chi connectivity index (χ3v) is 5.12. The first kappa shape index (κ1) is 20.6. The van der Waals surface area contributed by atoms with Crippen LogP contribution in [0.5, 0.6) is 0 Å². The molecule has 0 radical (unpaired) electrons. The summed E-state index contributed by atoms with van der Waals surface area (Å²) in [7, 11) is 0. The Morgan fingerprint density at radius 1 is 1.10 bits per heavy atom. The van der Waals surface area contributed by atoms with Gasteiger partial charge in [-0.15, -0.1) is 0 Å². The number of hydrogen-bond donors (Lipinski definition) is 1. The van der Waals surface area contributed by atoms with Crippen LogP contribution in [0.4, 0.5) is 11.4 Å². The highest BCUT2D eigenvalue weighted by Crippen LogP contribution is 2.27. The van der Waals surface area contributed by atoms with Crippen LogP contribution in [0.3, 0.4) is 0 Å². The van der Waals surface area contributed by atoms with Crippen molar-refractivity contribution in [3.05, 3.63) is 59.2 Å². The number of amides is 2. The molecule has 1 saturated heterocycles. The van der Waals surface area contributed by atoms with Gasteiger partial charge >= 0.3 is 5.97 Å². The van der Waals surface area contributed by atoms with Gasteiger partial charge in [-0.05, 0) is 67.8 Å². The van der Waals surface area contributed by atoms with Gasteiger partial charge in [0.25, 0.3) is 0 Å². The molecular weight excluding hydrogens is 368 g/mol. The molecule has 1 N–H and O–H groups in total. The fourth-order valence-corrected chi connectivity index (χ4v) is 3.24. The van der Waals surface area contributed by atoms with Crippen molar-refractivity contribution in [1.29, 1.82) is 0 Å². The number of hydrogen-bond acceptors (Lipinski definition) is 4. The second-order valence-electron chi connectivity index (χ2n) is 7.38. The molecule has 29 heavy (non-hydrogen) atoms. The lowest BCUT2D eigenvalue weighted by molar-refractivity contribution is -0.122. The van der Waals surface area contributed by atoms with Gasteiger partial charge in [-0.3, -0.25) is 9.59 Å². The summed E-state index contributed by atoms with van der Waals surface area (Å²) < 4.78 is 5.09. The van der Waals surface area contributed by atoms with E-state index in [9.17, 15) is 14.4 Å². The molecule has 152 valence electrons. The normalized spacial score (nSPS) is 16.0. The largest absolute Gasteiger partial charge is 0.462 e. The molecule has 1 aliphatic heterocycles. The number of nitrogens with zero attached hydrogens (tertiary/aromatic N) is 1. The Kier molecular flexibility index (Phi) is 6.32. The van der Waals surface area contributed by atoms with E-state index < -0.39 is 5.92 Å². The number of benzene rings is 2. The first-order valence-electron chi connectivity index (χ1n) is 9.84. The van der Waals surface area contributed by atoms with Crippen molar-refractivity contribution in [1.82, 2.24) is 0 Å². The predicted molar refractivity (Wildman–Crippen MR) is 112 cm³/mol.